The van der Waals surface area contributed by atoms with Crippen molar-refractivity contribution in [3.8, 4) is 0 Å². The van der Waals surface area contributed by atoms with Crippen molar-refractivity contribution in [2.24, 2.45) is 5.92 Å². The van der Waals surface area contributed by atoms with E-state index >= 15 is 0 Å². The maximum atomic E-state index is 12.9. The number of hydrogen-bond donors (Lipinski definition) is 1. The third kappa shape index (κ3) is 5.03. The van der Waals surface area contributed by atoms with Crippen molar-refractivity contribution in [1.82, 2.24) is 8.61 Å². The zero-order valence-corrected chi connectivity index (χ0v) is 20.3. The van der Waals surface area contributed by atoms with Crippen LogP contribution < -0.4 is 5.32 Å². The second kappa shape index (κ2) is 9.30. The molecule has 2 aromatic carbocycles. The van der Waals surface area contributed by atoms with Gasteiger partial charge in [0.05, 0.1) is 9.79 Å². The molecule has 1 amide bonds. The molecule has 1 aliphatic rings. The molecule has 1 fully saturated rings. The Kier molecular flexibility index (Phi) is 7.09. The molecule has 3 rings (SSSR count). The number of carbonyl (C=O) groups excluding carboxylic acids is 1. The van der Waals surface area contributed by atoms with E-state index in [1.54, 1.807) is 37.3 Å². The van der Waals surface area contributed by atoms with Gasteiger partial charge >= 0.3 is 0 Å². The smallest absolute Gasteiger partial charge is 0.243 e. The van der Waals surface area contributed by atoms with Crippen molar-refractivity contribution >= 4 is 31.6 Å². The highest BCUT2D eigenvalue weighted by molar-refractivity contribution is 7.89. The molecular weight excluding hydrogens is 450 g/mol. The molecule has 0 saturated carbocycles. The second-order valence-corrected chi connectivity index (χ2v) is 12.3. The molecule has 8 nitrogen and oxygen atoms in total. The highest BCUT2D eigenvalue weighted by atomic mass is 32.2. The van der Waals surface area contributed by atoms with Gasteiger partial charge in [0.1, 0.15) is 0 Å². The molecule has 0 bridgehead atoms. The number of rotatable bonds is 6. The van der Waals surface area contributed by atoms with E-state index < -0.39 is 20.0 Å². The van der Waals surface area contributed by atoms with Gasteiger partial charge in [-0.1, -0.05) is 23.8 Å². The fourth-order valence-electron chi connectivity index (χ4n) is 3.56. The number of anilines is 1. The quantitative estimate of drug-likeness (QED) is 0.686. The third-order valence-corrected chi connectivity index (χ3v) is 9.45. The SMILES string of the molecule is Cc1ccc(S(=O)(=O)N2CCC(C(=O)Nc3cc(S(=O)(=O)N(C)C)ccc3C)CC2)cc1. The van der Waals surface area contributed by atoms with Gasteiger partial charge in [0.25, 0.3) is 0 Å². The van der Waals surface area contributed by atoms with Crippen LogP contribution in [0, 0.1) is 19.8 Å². The number of sulfonamides is 2. The van der Waals surface area contributed by atoms with Crippen LogP contribution in [0.2, 0.25) is 0 Å². The molecule has 0 aromatic heterocycles. The Labute approximate surface area is 190 Å². The summed E-state index contributed by atoms with van der Waals surface area (Å²) < 4.78 is 53.1. The monoisotopic (exact) mass is 479 g/mol. The molecule has 1 aliphatic heterocycles. The van der Waals surface area contributed by atoms with Crippen molar-refractivity contribution in [2.45, 2.75) is 36.5 Å². The Hall–Kier alpha value is -2.27. The van der Waals surface area contributed by atoms with Gasteiger partial charge in [-0.3, -0.25) is 4.79 Å². The van der Waals surface area contributed by atoms with E-state index in [1.165, 1.54) is 30.5 Å². The van der Waals surface area contributed by atoms with Crippen LogP contribution in [0.15, 0.2) is 52.3 Å². The van der Waals surface area contributed by atoms with Gasteiger partial charge in [-0.2, -0.15) is 4.31 Å². The maximum Gasteiger partial charge on any atom is 0.243 e. The predicted octanol–water partition coefficient (Wildman–Crippen LogP) is 2.59. The highest BCUT2D eigenvalue weighted by Crippen LogP contribution is 2.27. The Morgan fingerprint density at radius 2 is 1.50 bits per heavy atom. The van der Waals surface area contributed by atoms with Gasteiger partial charge in [-0.05, 0) is 56.5 Å². The fraction of sp³-hybridized carbons (Fsp3) is 0.409. The number of amides is 1. The van der Waals surface area contributed by atoms with Crippen molar-refractivity contribution < 1.29 is 21.6 Å². The number of carbonyl (C=O) groups is 1. The number of nitrogens with zero attached hydrogens (tertiary/aromatic N) is 2. The Morgan fingerprint density at radius 3 is 2.06 bits per heavy atom. The van der Waals surface area contributed by atoms with E-state index in [0.29, 0.717) is 18.5 Å². The summed E-state index contributed by atoms with van der Waals surface area (Å²) in [4.78, 5) is 13.2. The van der Waals surface area contributed by atoms with E-state index in [-0.39, 0.29) is 34.7 Å². The summed E-state index contributed by atoms with van der Waals surface area (Å²) in [6, 6.07) is 11.3. The summed E-state index contributed by atoms with van der Waals surface area (Å²) >= 11 is 0. The fourth-order valence-corrected chi connectivity index (χ4v) is 5.96. The number of aryl methyl sites for hydroxylation is 2. The largest absolute Gasteiger partial charge is 0.326 e. The first-order valence-corrected chi connectivity index (χ1v) is 13.2. The highest BCUT2D eigenvalue weighted by Gasteiger charge is 2.32. The molecule has 10 heteroatoms. The molecular formula is C22H29N3O5S2. The number of hydrogen-bond acceptors (Lipinski definition) is 5. The van der Waals surface area contributed by atoms with Gasteiger partial charge in [-0.15, -0.1) is 0 Å². The molecule has 1 N–H and O–H groups in total. The Morgan fingerprint density at radius 1 is 0.938 bits per heavy atom. The lowest BCUT2D eigenvalue weighted by Crippen LogP contribution is -2.41. The van der Waals surface area contributed by atoms with Crippen molar-refractivity contribution in [2.75, 3.05) is 32.5 Å². The normalized spacial score (nSPS) is 16.3. The molecule has 1 saturated heterocycles. The van der Waals surface area contributed by atoms with Gasteiger partial charge in [0.2, 0.25) is 26.0 Å². The standard InChI is InChI=1S/C22H29N3O5S2/c1-16-5-8-19(9-6-16)32(29,30)25-13-11-18(12-14-25)22(26)23-21-15-20(10-7-17(21)2)31(27,28)24(3)4/h5-10,15,18H,11-14H2,1-4H3,(H,23,26). The van der Waals surface area contributed by atoms with Crippen LogP contribution in [0.5, 0.6) is 0 Å². The van der Waals surface area contributed by atoms with Crippen LogP contribution in [0.25, 0.3) is 0 Å². The van der Waals surface area contributed by atoms with Crippen LogP contribution in [0.3, 0.4) is 0 Å². The summed E-state index contributed by atoms with van der Waals surface area (Å²) in [5, 5.41) is 2.83. The first kappa shape index (κ1) is 24.4. The Bertz CT molecular complexity index is 1200. The summed E-state index contributed by atoms with van der Waals surface area (Å²) in [6.45, 7) is 4.19. The lowest BCUT2D eigenvalue weighted by molar-refractivity contribution is -0.120. The number of piperidine rings is 1. The van der Waals surface area contributed by atoms with Gasteiger partial charge in [-0.25, -0.2) is 21.1 Å². The topological polar surface area (TPSA) is 104 Å². The number of nitrogens with one attached hydrogen (secondary N) is 1. The number of benzene rings is 2. The zero-order chi connectivity index (χ0) is 23.7. The van der Waals surface area contributed by atoms with E-state index in [1.807, 2.05) is 6.92 Å². The molecule has 1 heterocycles. The molecule has 0 radical (unpaired) electrons. The zero-order valence-electron chi connectivity index (χ0n) is 18.7. The van der Waals surface area contributed by atoms with E-state index in [4.69, 9.17) is 0 Å². The lowest BCUT2D eigenvalue weighted by Gasteiger charge is -2.30. The molecule has 0 aliphatic carbocycles. The minimum absolute atomic E-state index is 0.0995. The van der Waals surface area contributed by atoms with Gasteiger partial charge in [0, 0.05) is 38.8 Å². The predicted molar refractivity (Wildman–Crippen MR) is 123 cm³/mol. The van der Waals surface area contributed by atoms with Crippen molar-refractivity contribution in [1.29, 1.82) is 0 Å². The second-order valence-electron chi connectivity index (χ2n) is 8.24. The van der Waals surface area contributed by atoms with Crippen molar-refractivity contribution in [3.63, 3.8) is 0 Å². The summed E-state index contributed by atoms with van der Waals surface area (Å²) in [5.41, 5.74) is 2.17. The van der Waals surface area contributed by atoms with E-state index in [2.05, 4.69) is 5.32 Å². The first-order valence-electron chi connectivity index (χ1n) is 10.3. The average molecular weight is 480 g/mol. The first-order chi connectivity index (χ1) is 14.9. The molecule has 0 spiro atoms. The maximum absolute atomic E-state index is 12.9. The van der Waals surface area contributed by atoms with Crippen LogP contribution in [0.1, 0.15) is 24.0 Å². The molecule has 174 valence electrons. The van der Waals surface area contributed by atoms with Gasteiger partial charge < -0.3 is 5.32 Å². The van der Waals surface area contributed by atoms with Crippen LogP contribution in [-0.4, -0.2) is 58.5 Å². The summed E-state index contributed by atoms with van der Waals surface area (Å²) in [6.07, 6.45) is 0.789. The van der Waals surface area contributed by atoms with Crippen LogP contribution >= 0.6 is 0 Å². The molecule has 0 unspecified atom stereocenters. The van der Waals surface area contributed by atoms with Gasteiger partial charge in [0.15, 0.2) is 0 Å². The van der Waals surface area contributed by atoms with Crippen molar-refractivity contribution in [3.05, 3.63) is 53.6 Å². The average Bonchev–Trinajstić information content (AvgIpc) is 2.75. The van der Waals surface area contributed by atoms with E-state index in [0.717, 1.165) is 15.4 Å². The van der Waals surface area contributed by atoms with Crippen LogP contribution in [0.4, 0.5) is 5.69 Å². The summed E-state index contributed by atoms with van der Waals surface area (Å²) in [7, 11) is -4.31. The minimum atomic E-state index is -3.62. The minimum Gasteiger partial charge on any atom is -0.326 e. The molecule has 2 aromatic rings. The molecule has 32 heavy (non-hydrogen) atoms. The third-order valence-electron chi connectivity index (χ3n) is 5.73. The Balaban J connectivity index is 1.68. The lowest BCUT2D eigenvalue weighted by atomic mass is 9.97. The van der Waals surface area contributed by atoms with E-state index in [9.17, 15) is 21.6 Å². The van der Waals surface area contributed by atoms with Crippen LogP contribution in [-0.2, 0) is 24.8 Å². The molecule has 0 atom stereocenters. The summed E-state index contributed by atoms with van der Waals surface area (Å²) in [5.74, 6) is -0.590.